The summed E-state index contributed by atoms with van der Waals surface area (Å²) >= 11 is 0. The highest BCUT2D eigenvalue weighted by Crippen LogP contribution is 2.34. The van der Waals surface area contributed by atoms with Gasteiger partial charge in [0, 0.05) is 6.42 Å². The second-order valence-corrected chi connectivity index (χ2v) is 5.63. The van der Waals surface area contributed by atoms with Crippen molar-refractivity contribution in [2.24, 2.45) is 0 Å². The number of piperidine rings is 1. The van der Waals surface area contributed by atoms with E-state index in [1.165, 1.54) is 12.8 Å². The molecule has 0 amide bonds. The zero-order valence-electron chi connectivity index (χ0n) is 11.7. The van der Waals surface area contributed by atoms with E-state index in [1.807, 2.05) is 60.7 Å². The van der Waals surface area contributed by atoms with Gasteiger partial charge < -0.3 is 10.4 Å². The lowest BCUT2D eigenvalue weighted by atomic mass is 9.77. The monoisotopic (exact) mass is 268 g/mol. The van der Waals surface area contributed by atoms with Gasteiger partial charge in [0.2, 0.25) is 0 Å². The van der Waals surface area contributed by atoms with Crippen LogP contribution in [0.1, 0.15) is 30.4 Å². The van der Waals surface area contributed by atoms with Crippen molar-refractivity contribution in [2.45, 2.75) is 30.9 Å². The first-order valence-electron chi connectivity index (χ1n) is 7.48. The largest absolute Gasteiger partial charge is 0.374 e. The van der Waals surface area contributed by atoms with Gasteiger partial charge in [0.05, 0.1) is 6.54 Å². The second-order valence-electron chi connectivity index (χ2n) is 5.63. The molecule has 0 unspecified atom stereocenters. The van der Waals surface area contributed by atoms with E-state index in [4.69, 9.17) is 0 Å². The van der Waals surface area contributed by atoms with E-state index in [2.05, 4.69) is 5.32 Å². The minimum Gasteiger partial charge on any atom is -0.374 e. The van der Waals surface area contributed by atoms with Gasteiger partial charge in [0.15, 0.2) is 5.60 Å². The molecule has 3 rings (SSSR count). The smallest absolute Gasteiger partial charge is 0.166 e. The average Bonchev–Trinajstić information content (AvgIpc) is 2.56. The van der Waals surface area contributed by atoms with Crippen LogP contribution in [0.2, 0.25) is 0 Å². The third-order valence-corrected chi connectivity index (χ3v) is 4.38. The van der Waals surface area contributed by atoms with Crippen molar-refractivity contribution in [3.8, 4) is 0 Å². The Morgan fingerprint density at radius 2 is 1.40 bits per heavy atom. The summed E-state index contributed by atoms with van der Waals surface area (Å²) < 4.78 is 0. The zero-order chi connectivity index (χ0) is 13.8. The van der Waals surface area contributed by atoms with Crippen molar-refractivity contribution < 1.29 is 10.4 Å². The summed E-state index contributed by atoms with van der Waals surface area (Å²) in [5.41, 5.74) is 1.09. The van der Waals surface area contributed by atoms with E-state index < -0.39 is 5.60 Å². The molecular weight excluding hydrogens is 246 g/mol. The van der Waals surface area contributed by atoms with Gasteiger partial charge in [-0.05, 0) is 24.0 Å². The molecule has 1 fully saturated rings. The van der Waals surface area contributed by atoms with E-state index in [9.17, 15) is 5.11 Å². The van der Waals surface area contributed by atoms with Gasteiger partial charge in [0.1, 0.15) is 6.04 Å². The van der Waals surface area contributed by atoms with Crippen molar-refractivity contribution in [3.05, 3.63) is 71.8 Å². The number of hydrogen-bond donors (Lipinski definition) is 2. The number of hydrogen-bond acceptors (Lipinski definition) is 1. The third-order valence-electron chi connectivity index (χ3n) is 4.38. The first-order chi connectivity index (χ1) is 9.82. The molecule has 1 atom stereocenters. The summed E-state index contributed by atoms with van der Waals surface area (Å²) in [5, 5.41) is 13.9. The summed E-state index contributed by atoms with van der Waals surface area (Å²) in [6.45, 7) is 1.10. The normalized spacial score (nSPS) is 19.8. The van der Waals surface area contributed by atoms with Gasteiger partial charge in [-0.15, -0.1) is 0 Å². The molecule has 1 aliphatic rings. The quantitative estimate of drug-likeness (QED) is 0.878. The van der Waals surface area contributed by atoms with Crippen LogP contribution in [0, 0.1) is 0 Å². The zero-order valence-corrected chi connectivity index (χ0v) is 11.7. The fourth-order valence-electron chi connectivity index (χ4n) is 3.30. The molecule has 0 saturated carbocycles. The molecule has 0 aliphatic carbocycles. The van der Waals surface area contributed by atoms with Crippen LogP contribution in [0.5, 0.6) is 0 Å². The van der Waals surface area contributed by atoms with Crippen molar-refractivity contribution in [3.63, 3.8) is 0 Å². The van der Waals surface area contributed by atoms with Crippen molar-refractivity contribution in [1.82, 2.24) is 0 Å². The van der Waals surface area contributed by atoms with Crippen LogP contribution in [0.15, 0.2) is 60.7 Å². The maximum atomic E-state index is 11.5. The van der Waals surface area contributed by atoms with Crippen LogP contribution in [0.3, 0.4) is 0 Å². The molecule has 0 aromatic heterocycles. The first kappa shape index (κ1) is 13.3. The number of nitrogens with two attached hydrogens (primary N) is 1. The van der Waals surface area contributed by atoms with Gasteiger partial charge in [-0.1, -0.05) is 60.7 Å². The molecule has 1 aliphatic heterocycles. The summed E-state index contributed by atoms with van der Waals surface area (Å²) in [5.74, 6) is 0. The van der Waals surface area contributed by atoms with Crippen LogP contribution < -0.4 is 5.32 Å². The standard InChI is InChI=1S/C18H21NO/c20-18(15-9-3-1-4-10-15,16-11-5-2-6-12-16)17-13-7-8-14-19-17/h1-6,9-12,17,19-20H,7-8,13-14H2/p+1/t17-/m1/s1. The Hall–Kier alpha value is -1.64. The molecule has 3 N–H and O–H groups in total. The molecule has 2 heteroatoms. The molecule has 2 aromatic rings. The highest BCUT2D eigenvalue weighted by molar-refractivity contribution is 5.37. The van der Waals surface area contributed by atoms with Crippen LogP contribution >= 0.6 is 0 Å². The topological polar surface area (TPSA) is 36.8 Å². The Morgan fingerprint density at radius 1 is 0.850 bits per heavy atom. The van der Waals surface area contributed by atoms with Gasteiger partial charge in [-0.3, -0.25) is 0 Å². The van der Waals surface area contributed by atoms with Gasteiger partial charge in [0.25, 0.3) is 0 Å². The molecule has 2 nitrogen and oxygen atoms in total. The lowest BCUT2D eigenvalue weighted by Crippen LogP contribution is -2.95. The predicted octanol–water partition coefficient (Wildman–Crippen LogP) is 2.04. The lowest BCUT2D eigenvalue weighted by Gasteiger charge is -2.37. The summed E-state index contributed by atoms with van der Waals surface area (Å²) in [6, 6.07) is 20.4. The highest BCUT2D eigenvalue weighted by atomic mass is 16.3. The van der Waals surface area contributed by atoms with Crippen LogP contribution in [0.25, 0.3) is 0 Å². The van der Waals surface area contributed by atoms with E-state index in [0.29, 0.717) is 0 Å². The Labute approximate surface area is 120 Å². The Morgan fingerprint density at radius 3 is 1.85 bits per heavy atom. The van der Waals surface area contributed by atoms with Gasteiger partial charge in [-0.25, -0.2) is 0 Å². The molecule has 0 spiro atoms. The predicted molar refractivity (Wildman–Crippen MR) is 80.3 cm³/mol. The van der Waals surface area contributed by atoms with Crippen molar-refractivity contribution >= 4 is 0 Å². The van der Waals surface area contributed by atoms with E-state index in [1.54, 1.807) is 0 Å². The molecule has 104 valence electrons. The van der Waals surface area contributed by atoms with E-state index in [0.717, 1.165) is 24.1 Å². The Kier molecular flexibility index (Phi) is 3.86. The summed E-state index contributed by atoms with van der Waals surface area (Å²) in [4.78, 5) is 0. The maximum Gasteiger partial charge on any atom is 0.166 e. The van der Waals surface area contributed by atoms with Gasteiger partial charge in [-0.2, -0.15) is 0 Å². The molecule has 0 radical (unpaired) electrons. The van der Waals surface area contributed by atoms with Crippen LogP contribution in [-0.4, -0.2) is 17.7 Å². The second kappa shape index (κ2) is 5.78. The van der Waals surface area contributed by atoms with Crippen molar-refractivity contribution in [1.29, 1.82) is 0 Å². The molecule has 20 heavy (non-hydrogen) atoms. The maximum absolute atomic E-state index is 11.5. The minimum atomic E-state index is -0.900. The van der Waals surface area contributed by atoms with Crippen molar-refractivity contribution in [2.75, 3.05) is 6.54 Å². The number of rotatable bonds is 3. The highest BCUT2D eigenvalue weighted by Gasteiger charge is 2.43. The fraction of sp³-hybridized carbons (Fsp3) is 0.333. The number of benzene rings is 2. The SMILES string of the molecule is OC(c1ccccc1)(c1ccccc1)[C@H]1CCCC[NH2+]1. The minimum absolute atomic E-state index is 0.195. The molecule has 2 aromatic carbocycles. The molecule has 1 heterocycles. The summed E-state index contributed by atoms with van der Waals surface area (Å²) in [6.07, 6.45) is 3.50. The van der Waals surface area contributed by atoms with Gasteiger partial charge >= 0.3 is 0 Å². The molecular formula is C18H22NO+. The Bertz CT molecular complexity index is 492. The van der Waals surface area contributed by atoms with E-state index in [-0.39, 0.29) is 6.04 Å². The molecule has 1 saturated heterocycles. The van der Waals surface area contributed by atoms with Crippen LogP contribution in [0.4, 0.5) is 0 Å². The van der Waals surface area contributed by atoms with Crippen LogP contribution in [-0.2, 0) is 5.60 Å². The number of quaternary nitrogens is 1. The summed E-state index contributed by atoms with van der Waals surface area (Å²) in [7, 11) is 0. The first-order valence-corrected chi connectivity index (χ1v) is 7.48. The Balaban J connectivity index is 2.07. The number of aliphatic hydroxyl groups is 1. The fourth-order valence-corrected chi connectivity index (χ4v) is 3.30. The third kappa shape index (κ3) is 2.37. The molecule has 0 bridgehead atoms. The average molecular weight is 268 g/mol. The lowest BCUT2D eigenvalue weighted by molar-refractivity contribution is -0.711. The van der Waals surface area contributed by atoms with E-state index >= 15 is 0 Å².